The van der Waals surface area contributed by atoms with Gasteiger partial charge in [0, 0.05) is 30.9 Å². The lowest BCUT2D eigenvalue weighted by atomic mass is 9.84. The molecule has 2 saturated heterocycles. The van der Waals surface area contributed by atoms with E-state index in [0.29, 0.717) is 0 Å². The molecule has 6 heteroatoms. The average molecular weight is 412 g/mol. The van der Waals surface area contributed by atoms with Crippen molar-refractivity contribution in [2.24, 2.45) is 0 Å². The van der Waals surface area contributed by atoms with E-state index in [0.717, 1.165) is 73.3 Å². The van der Waals surface area contributed by atoms with Crippen LogP contribution in [0.2, 0.25) is 0 Å². The van der Waals surface area contributed by atoms with Gasteiger partial charge in [-0.25, -0.2) is 9.67 Å². The largest absolute Gasteiger partial charge is 0.333 e. The van der Waals surface area contributed by atoms with Crippen LogP contribution in [-0.2, 0) is 5.54 Å². The SMILES string of the molecule is Cc1nn(C(C)(C)C)c2nc(C(C)C)cc(C(=O)N3CCCC34CCN(C)CC4)c12. The molecule has 4 heterocycles. The van der Waals surface area contributed by atoms with E-state index < -0.39 is 0 Å². The monoisotopic (exact) mass is 411 g/mol. The van der Waals surface area contributed by atoms with E-state index in [1.807, 2.05) is 17.7 Å². The Balaban J connectivity index is 1.85. The summed E-state index contributed by atoms with van der Waals surface area (Å²) in [6, 6.07) is 2.04. The van der Waals surface area contributed by atoms with E-state index in [2.05, 4.69) is 51.5 Å². The highest BCUT2D eigenvalue weighted by molar-refractivity contribution is 6.07. The van der Waals surface area contributed by atoms with Crippen molar-refractivity contribution in [2.45, 2.75) is 84.2 Å². The number of aromatic nitrogens is 3. The van der Waals surface area contributed by atoms with Crippen molar-refractivity contribution in [3.63, 3.8) is 0 Å². The summed E-state index contributed by atoms with van der Waals surface area (Å²) in [5, 5.41) is 5.75. The summed E-state index contributed by atoms with van der Waals surface area (Å²) in [6.07, 6.45) is 4.36. The topological polar surface area (TPSA) is 54.3 Å². The number of amides is 1. The first-order chi connectivity index (χ1) is 14.0. The number of aryl methyl sites for hydroxylation is 1. The van der Waals surface area contributed by atoms with Crippen LogP contribution in [0.1, 0.15) is 88.0 Å². The molecule has 0 unspecified atom stereocenters. The maximum absolute atomic E-state index is 14.0. The van der Waals surface area contributed by atoms with E-state index in [1.54, 1.807) is 0 Å². The highest BCUT2D eigenvalue weighted by Crippen LogP contribution is 2.40. The molecule has 4 rings (SSSR count). The average Bonchev–Trinajstić information content (AvgIpc) is 3.24. The molecular weight excluding hydrogens is 374 g/mol. The number of hydrogen-bond donors (Lipinski definition) is 0. The van der Waals surface area contributed by atoms with Crippen molar-refractivity contribution >= 4 is 16.9 Å². The van der Waals surface area contributed by atoms with Crippen molar-refractivity contribution in [2.75, 3.05) is 26.7 Å². The highest BCUT2D eigenvalue weighted by Gasteiger charge is 2.45. The van der Waals surface area contributed by atoms with Gasteiger partial charge in [-0.2, -0.15) is 5.10 Å². The molecular formula is C24H37N5O. The number of rotatable bonds is 2. The quantitative estimate of drug-likeness (QED) is 0.739. The van der Waals surface area contributed by atoms with E-state index in [4.69, 9.17) is 10.1 Å². The minimum atomic E-state index is -0.196. The third-order valence-corrected chi connectivity index (χ3v) is 7.05. The fraction of sp³-hybridized carbons (Fsp3) is 0.708. The van der Waals surface area contributed by atoms with Gasteiger partial charge in [0.25, 0.3) is 5.91 Å². The van der Waals surface area contributed by atoms with Gasteiger partial charge in [-0.05, 0) is 72.4 Å². The lowest BCUT2D eigenvalue weighted by Gasteiger charge is -2.44. The maximum Gasteiger partial charge on any atom is 0.255 e. The molecule has 1 spiro atoms. The molecule has 2 aliphatic heterocycles. The molecule has 164 valence electrons. The van der Waals surface area contributed by atoms with Crippen LogP contribution in [0.4, 0.5) is 0 Å². The van der Waals surface area contributed by atoms with Crippen LogP contribution in [-0.4, -0.2) is 62.7 Å². The first-order valence-electron chi connectivity index (χ1n) is 11.4. The lowest BCUT2D eigenvalue weighted by molar-refractivity contribution is 0.0410. The van der Waals surface area contributed by atoms with Crippen LogP contribution in [0.15, 0.2) is 6.07 Å². The van der Waals surface area contributed by atoms with Crippen LogP contribution in [0.25, 0.3) is 11.0 Å². The number of fused-ring (bicyclic) bond motifs is 1. The van der Waals surface area contributed by atoms with E-state index >= 15 is 0 Å². The molecule has 2 aliphatic rings. The number of likely N-dealkylation sites (tertiary alicyclic amines) is 2. The Hall–Kier alpha value is -1.95. The fourth-order valence-corrected chi connectivity index (χ4v) is 5.20. The number of pyridine rings is 1. The molecule has 2 aromatic rings. The van der Waals surface area contributed by atoms with Crippen molar-refractivity contribution < 1.29 is 4.79 Å². The number of carbonyl (C=O) groups excluding carboxylic acids is 1. The van der Waals surface area contributed by atoms with Gasteiger partial charge in [-0.1, -0.05) is 13.8 Å². The van der Waals surface area contributed by atoms with Crippen LogP contribution in [0.5, 0.6) is 0 Å². The Kier molecular flexibility index (Phi) is 5.20. The van der Waals surface area contributed by atoms with E-state index in [9.17, 15) is 4.79 Å². The molecule has 0 saturated carbocycles. The number of carbonyl (C=O) groups is 1. The Bertz CT molecular complexity index is 960. The second-order valence-electron chi connectivity index (χ2n) is 10.7. The summed E-state index contributed by atoms with van der Waals surface area (Å²) in [5.74, 6) is 0.420. The molecule has 2 aromatic heterocycles. The normalized spacial score (nSPS) is 20.1. The zero-order valence-corrected chi connectivity index (χ0v) is 19.7. The summed E-state index contributed by atoms with van der Waals surface area (Å²) in [7, 11) is 2.18. The zero-order chi connectivity index (χ0) is 21.8. The van der Waals surface area contributed by atoms with Gasteiger partial charge in [0.05, 0.1) is 22.2 Å². The van der Waals surface area contributed by atoms with Gasteiger partial charge in [0.1, 0.15) is 0 Å². The third kappa shape index (κ3) is 3.43. The van der Waals surface area contributed by atoms with Gasteiger partial charge in [0.15, 0.2) is 5.65 Å². The van der Waals surface area contributed by atoms with Gasteiger partial charge in [0.2, 0.25) is 0 Å². The smallest absolute Gasteiger partial charge is 0.255 e. The maximum atomic E-state index is 14.0. The summed E-state index contributed by atoms with van der Waals surface area (Å²) in [4.78, 5) is 23.6. The van der Waals surface area contributed by atoms with Crippen molar-refractivity contribution in [1.29, 1.82) is 0 Å². The predicted molar refractivity (Wildman–Crippen MR) is 121 cm³/mol. The third-order valence-electron chi connectivity index (χ3n) is 7.05. The molecule has 2 fully saturated rings. The molecule has 0 aromatic carbocycles. The molecule has 0 bridgehead atoms. The Labute approximate surface area is 180 Å². The second kappa shape index (κ2) is 7.33. The molecule has 0 atom stereocenters. The summed E-state index contributed by atoms with van der Waals surface area (Å²) < 4.78 is 2.00. The molecule has 0 aliphatic carbocycles. The standard InChI is InChI=1S/C24H37N5O/c1-16(2)19-15-18(20-17(3)26-29(21(20)25-19)23(4,5)6)22(30)28-12-8-9-24(28)10-13-27(7)14-11-24/h15-16H,8-14H2,1-7H3. The Morgan fingerprint density at radius 1 is 1.13 bits per heavy atom. The molecule has 1 amide bonds. The number of hydrogen-bond acceptors (Lipinski definition) is 4. The zero-order valence-electron chi connectivity index (χ0n) is 19.7. The van der Waals surface area contributed by atoms with Crippen LogP contribution in [0, 0.1) is 6.92 Å². The van der Waals surface area contributed by atoms with E-state index in [1.165, 1.54) is 0 Å². The van der Waals surface area contributed by atoms with Crippen LogP contribution in [0.3, 0.4) is 0 Å². The number of piperidine rings is 1. The summed E-state index contributed by atoms with van der Waals surface area (Å²) in [5.41, 5.74) is 3.31. The molecule has 0 N–H and O–H groups in total. The van der Waals surface area contributed by atoms with Crippen molar-refractivity contribution in [3.8, 4) is 0 Å². The highest BCUT2D eigenvalue weighted by atomic mass is 16.2. The second-order valence-corrected chi connectivity index (χ2v) is 10.7. The van der Waals surface area contributed by atoms with Crippen LogP contribution < -0.4 is 0 Å². The van der Waals surface area contributed by atoms with Gasteiger partial charge in [-0.3, -0.25) is 4.79 Å². The molecule has 0 radical (unpaired) electrons. The first kappa shape index (κ1) is 21.3. The first-order valence-corrected chi connectivity index (χ1v) is 11.4. The van der Waals surface area contributed by atoms with Gasteiger partial charge < -0.3 is 9.80 Å². The van der Waals surface area contributed by atoms with E-state index in [-0.39, 0.29) is 22.9 Å². The number of nitrogens with zero attached hydrogens (tertiary/aromatic N) is 5. The van der Waals surface area contributed by atoms with Crippen molar-refractivity contribution in [3.05, 3.63) is 23.0 Å². The molecule has 30 heavy (non-hydrogen) atoms. The minimum Gasteiger partial charge on any atom is -0.333 e. The van der Waals surface area contributed by atoms with Gasteiger partial charge in [-0.15, -0.1) is 0 Å². The lowest BCUT2D eigenvalue weighted by Crippen LogP contribution is -2.53. The predicted octanol–water partition coefficient (Wildman–Crippen LogP) is 4.32. The Morgan fingerprint density at radius 3 is 2.40 bits per heavy atom. The van der Waals surface area contributed by atoms with Crippen molar-refractivity contribution in [1.82, 2.24) is 24.6 Å². The van der Waals surface area contributed by atoms with Gasteiger partial charge >= 0.3 is 0 Å². The molecule has 6 nitrogen and oxygen atoms in total. The fourth-order valence-electron chi connectivity index (χ4n) is 5.20. The summed E-state index contributed by atoms with van der Waals surface area (Å²) >= 11 is 0. The minimum absolute atomic E-state index is 0.0190. The summed E-state index contributed by atoms with van der Waals surface area (Å²) in [6.45, 7) is 15.7. The Morgan fingerprint density at radius 2 is 1.80 bits per heavy atom. The van der Waals surface area contributed by atoms with Crippen LogP contribution >= 0.6 is 0 Å².